The topological polar surface area (TPSA) is 49.3 Å². The molecule has 2 N–H and O–H groups in total. The van der Waals surface area contributed by atoms with Gasteiger partial charge in [0.05, 0.1) is 12.5 Å². The summed E-state index contributed by atoms with van der Waals surface area (Å²) >= 11 is 0. The maximum atomic E-state index is 11.2. The number of aliphatic hydroxyl groups is 1. The van der Waals surface area contributed by atoms with E-state index in [0.717, 1.165) is 13.0 Å². The number of hydrogen-bond acceptors (Lipinski definition) is 2. The zero-order valence-corrected chi connectivity index (χ0v) is 10.8. The van der Waals surface area contributed by atoms with Crippen molar-refractivity contribution in [1.29, 1.82) is 0 Å². The molecule has 1 unspecified atom stereocenters. The Bertz CT molecular complexity index is 169. The lowest BCUT2D eigenvalue weighted by atomic mass is 10.1. The Morgan fingerprint density at radius 2 is 1.69 bits per heavy atom. The van der Waals surface area contributed by atoms with Crippen molar-refractivity contribution in [3.05, 3.63) is 0 Å². The van der Waals surface area contributed by atoms with E-state index in [4.69, 9.17) is 5.11 Å². The summed E-state index contributed by atoms with van der Waals surface area (Å²) in [6.45, 7) is 4.60. The highest BCUT2D eigenvalue weighted by Gasteiger charge is 2.04. The molecule has 0 aliphatic rings. The third kappa shape index (κ3) is 11.5. The van der Waals surface area contributed by atoms with Gasteiger partial charge in [0.25, 0.3) is 0 Å². The van der Waals surface area contributed by atoms with Gasteiger partial charge in [0.2, 0.25) is 5.91 Å². The minimum atomic E-state index is -0.533. The highest BCUT2D eigenvalue weighted by Crippen LogP contribution is 2.06. The molecule has 0 fully saturated rings. The first kappa shape index (κ1) is 15.4. The average molecular weight is 229 g/mol. The van der Waals surface area contributed by atoms with Crippen LogP contribution < -0.4 is 5.32 Å². The Balaban J connectivity index is 3.11. The van der Waals surface area contributed by atoms with Gasteiger partial charge in [-0.15, -0.1) is 0 Å². The second-order valence-electron chi connectivity index (χ2n) is 4.52. The van der Waals surface area contributed by atoms with Crippen LogP contribution in [0.25, 0.3) is 0 Å². The van der Waals surface area contributed by atoms with Crippen LogP contribution in [0, 0.1) is 0 Å². The fraction of sp³-hybridized carbons (Fsp3) is 0.923. The molecule has 1 amide bonds. The van der Waals surface area contributed by atoms with Gasteiger partial charge in [0.1, 0.15) is 0 Å². The van der Waals surface area contributed by atoms with Crippen LogP contribution >= 0.6 is 0 Å². The van der Waals surface area contributed by atoms with E-state index in [9.17, 15) is 4.79 Å². The van der Waals surface area contributed by atoms with Crippen LogP contribution in [-0.4, -0.2) is 23.7 Å². The fourth-order valence-electron chi connectivity index (χ4n) is 1.65. The largest absolute Gasteiger partial charge is 0.393 e. The summed E-state index contributed by atoms with van der Waals surface area (Å²) < 4.78 is 0. The van der Waals surface area contributed by atoms with Crippen LogP contribution in [0.2, 0.25) is 0 Å². The van der Waals surface area contributed by atoms with Crippen molar-refractivity contribution in [1.82, 2.24) is 5.32 Å². The van der Waals surface area contributed by atoms with Gasteiger partial charge in [-0.25, -0.2) is 0 Å². The van der Waals surface area contributed by atoms with Gasteiger partial charge in [-0.3, -0.25) is 4.79 Å². The van der Waals surface area contributed by atoms with Crippen molar-refractivity contribution in [2.75, 3.05) is 6.54 Å². The first-order valence-electron chi connectivity index (χ1n) is 6.61. The SMILES string of the molecule is CCCCCCCCCNC(=O)CC(C)O. The lowest BCUT2D eigenvalue weighted by Gasteiger charge is -2.06. The van der Waals surface area contributed by atoms with Gasteiger partial charge in [0, 0.05) is 6.54 Å². The van der Waals surface area contributed by atoms with Gasteiger partial charge in [-0.2, -0.15) is 0 Å². The minimum Gasteiger partial charge on any atom is -0.393 e. The Hall–Kier alpha value is -0.570. The zero-order valence-electron chi connectivity index (χ0n) is 10.8. The molecule has 0 spiro atoms. The van der Waals surface area contributed by atoms with E-state index in [2.05, 4.69) is 12.2 Å². The molecule has 96 valence electrons. The van der Waals surface area contributed by atoms with E-state index in [1.54, 1.807) is 6.92 Å². The molecule has 0 rings (SSSR count). The van der Waals surface area contributed by atoms with Crippen LogP contribution in [0.4, 0.5) is 0 Å². The van der Waals surface area contributed by atoms with Gasteiger partial charge in [-0.1, -0.05) is 45.4 Å². The van der Waals surface area contributed by atoms with Crippen LogP contribution in [0.5, 0.6) is 0 Å². The maximum absolute atomic E-state index is 11.2. The summed E-state index contributed by atoms with van der Waals surface area (Å²) in [7, 11) is 0. The molecule has 0 radical (unpaired) electrons. The molecule has 0 aromatic heterocycles. The lowest BCUT2D eigenvalue weighted by molar-refractivity contribution is -0.122. The Kier molecular flexibility index (Phi) is 10.5. The third-order valence-corrected chi connectivity index (χ3v) is 2.58. The van der Waals surface area contributed by atoms with Crippen LogP contribution in [0.3, 0.4) is 0 Å². The second-order valence-corrected chi connectivity index (χ2v) is 4.52. The number of nitrogens with one attached hydrogen (secondary N) is 1. The first-order valence-corrected chi connectivity index (χ1v) is 6.61. The summed E-state index contributed by atoms with van der Waals surface area (Å²) in [5, 5.41) is 11.8. The van der Waals surface area contributed by atoms with Crippen LogP contribution in [0.15, 0.2) is 0 Å². The quantitative estimate of drug-likeness (QED) is 0.566. The molecule has 0 aromatic rings. The molecule has 0 saturated heterocycles. The van der Waals surface area contributed by atoms with E-state index in [-0.39, 0.29) is 12.3 Å². The Morgan fingerprint density at radius 1 is 1.12 bits per heavy atom. The van der Waals surface area contributed by atoms with Crippen molar-refractivity contribution >= 4 is 5.91 Å². The van der Waals surface area contributed by atoms with E-state index < -0.39 is 6.10 Å². The molecule has 0 aromatic carbocycles. The van der Waals surface area contributed by atoms with Crippen LogP contribution in [-0.2, 0) is 4.79 Å². The molecule has 0 aliphatic carbocycles. The standard InChI is InChI=1S/C13H27NO2/c1-3-4-5-6-7-8-9-10-14-13(16)11-12(2)15/h12,15H,3-11H2,1-2H3,(H,14,16). The van der Waals surface area contributed by atoms with Crippen molar-refractivity contribution in [2.45, 2.75) is 71.3 Å². The molecule has 1 atom stereocenters. The summed E-state index contributed by atoms with van der Waals surface area (Å²) in [6.07, 6.45) is 8.48. The zero-order chi connectivity index (χ0) is 12.2. The second kappa shape index (κ2) is 10.9. The van der Waals surface area contributed by atoms with Gasteiger partial charge in [0.15, 0.2) is 0 Å². The smallest absolute Gasteiger partial charge is 0.222 e. The predicted molar refractivity (Wildman–Crippen MR) is 67.3 cm³/mol. The summed E-state index contributed by atoms with van der Waals surface area (Å²) in [6, 6.07) is 0. The number of carbonyl (C=O) groups is 1. The van der Waals surface area contributed by atoms with E-state index in [1.165, 1.54) is 38.5 Å². The number of rotatable bonds is 10. The van der Waals surface area contributed by atoms with Crippen LogP contribution in [0.1, 0.15) is 65.2 Å². The van der Waals surface area contributed by atoms with Crippen molar-refractivity contribution < 1.29 is 9.90 Å². The third-order valence-electron chi connectivity index (χ3n) is 2.58. The normalized spacial score (nSPS) is 12.4. The van der Waals surface area contributed by atoms with E-state index in [0.29, 0.717) is 0 Å². The van der Waals surface area contributed by atoms with Gasteiger partial charge in [-0.05, 0) is 13.3 Å². The lowest BCUT2D eigenvalue weighted by Crippen LogP contribution is -2.27. The molecule has 0 saturated carbocycles. The molecular weight excluding hydrogens is 202 g/mol. The molecule has 3 nitrogen and oxygen atoms in total. The molecule has 0 bridgehead atoms. The fourth-order valence-corrected chi connectivity index (χ4v) is 1.65. The van der Waals surface area contributed by atoms with Crippen molar-refractivity contribution in [3.8, 4) is 0 Å². The van der Waals surface area contributed by atoms with Crippen molar-refractivity contribution in [2.24, 2.45) is 0 Å². The monoisotopic (exact) mass is 229 g/mol. The number of hydrogen-bond donors (Lipinski definition) is 2. The summed E-state index contributed by atoms with van der Waals surface area (Å²) in [5.41, 5.74) is 0. The first-order chi connectivity index (χ1) is 7.66. The number of unbranched alkanes of at least 4 members (excludes halogenated alkanes) is 6. The molecule has 0 heterocycles. The molecule has 16 heavy (non-hydrogen) atoms. The molecular formula is C13H27NO2. The highest BCUT2D eigenvalue weighted by molar-refractivity contribution is 5.76. The van der Waals surface area contributed by atoms with Gasteiger partial charge >= 0.3 is 0 Å². The Morgan fingerprint density at radius 3 is 2.25 bits per heavy atom. The highest BCUT2D eigenvalue weighted by atomic mass is 16.3. The maximum Gasteiger partial charge on any atom is 0.222 e. The minimum absolute atomic E-state index is 0.0408. The number of carbonyl (C=O) groups excluding carboxylic acids is 1. The number of aliphatic hydroxyl groups excluding tert-OH is 1. The van der Waals surface area contributed by atoms with Crippen molar-refractivity contribution in [3.63, 3.8) is 0 Å². The Labute approximate surface area is 99.6 Å². The van der Waals surface area contributed by atoms with Gasteiger partial charge < -0.3 is 10.4 Å². The predicted octanol–water partition coefficient (Wildman–Crippen LogP) is 2.62. The number of amides is 1. The summed E-state index contributed by atoms with van der Waals surface area (Å²) in [5.74, 6) is -0.0408. The van der Waals surface area contributed by atoms with E-state index >= 15 is 0 Å². The average Bonchev–Trinajstić information content (AvgIpc) is 2.21. The van der Waals surface area contributed by atoms with E-state index in [1.807, 2.05) is 0 Å². The summed E-state index contributed by atoms with van der Waals surface area (Å²) in [4.78, 5) is 11.2. The molecule has 3 heteroatoms. The molecule has 0 aliphatic heterocycles.